The second kappa shape index (κ2) is 9.97. The zero-order chi connectivity index (χ0) is 21.5. The molecule has 0 spiro atoms. The maximum Gasteiger partial charge on any atom is 0.229 e. The van der Waals surface area contributed by atoms with Gasteiger partial charge >= 0.3 is 0 Å². The van der Waals surface area contributed by atoms with Gasteiger partial charge in [-0.1, -0.05) is 12.1 Å². The lowest BCUT2D eigenvalue weighted by molar-refractivity contribution is -0.132. The van der Waals surface area contributed by atoms with E-state index >= 15 is 0 Å². The Morgan fingerprint density at radius 1 is 1.10 bits per heavy atom. The fourth-order valence-corrected chi connectivity index (χ4v) is 3.77. The SMILES string of the molecule is COc1ccc(CCC(=O)N2CCC[C@@H](c3ccnc(Nc4ncccn4)n3)C2)cc1. The fraction of sp³-hybridized carbons (Fsp3) is 0.348. The van der Waals surface area contributed by atoms with Crippen LogP contribution < -0.4 is 10.1 Å². The summed E-state index contributed by atoms with van der Waals surface area (Å²) < 4.78 is 5.19. The molecular weight excluding hydrogens is 392 g/mol. The molecule has 160 valence electrons. The normalized spacial score (nSPS) is 16.0. The van der Waals surface area contributed by atoms with Crippen LogP contribution in [-0.2, 0) is 11.2 Å². The molecule has 1 saturated heterocycles. The number of methoxy groups -OCH3 is 1. The molecule has 4 rings (SSSR count). The standard InChI is InChI=1S/C23H26N6O2/c1-31-19-8-5-17(6-9-19)7-10-21(30)29-15-2-4-18(16-29)20-11-14-26-23(27-20)28-22-24-12-3-13-25-22/h3,5-6,8-9,11-14,18H,2,4,7,10,15-16H2,1H3,(H,24,25,26,27,28)/t18-/m1/s1. The number of hydrogen-bond donors (Lipinski definition) is 1. The van der Waals surface area contributed by atoms with Crippen molar-refractivity contribution in [3.63, 3.8) is 0 Å². The Hall–Kier alpha value is -3.55. The summed E-state index contributed by atoms with van der Waals surface area (Å²) in [6.07, 6.45) is 8.25. The van der Waals surface area contributed by atoms with Gasteiger partial charge in [-0.25, -0.2) is 19.9 Å². The second-order valence-corrected chi connectivity index (χ2v) is 7.53. The minimum absolute atomic E-state index is 0.186. The molecule has 0 bridgehead atoms. The average Bonchev–Trinajstić information content (AvgIpc) is 2.84. The highest BCUT2D eigenvalue weighted by atomic mass is 16.5. The molecule has 31 heavy (non-hydrogen) atoms. The average molecular weight is 419 g/mol. The van der Waals surface area contributed by atoms with Crippen LogP contribution in [0.2, 0.25) is 0 Å². The van der Waals surface area contributed by atoms with Gasteiger partial charge in [0.1, 0.15) is 5.75 Å². The van der Waals surface area contributed by atoms with E-state index in [0.29, 0.717) is 24.9 Å². The minimum atomic E-state index is 0.186. The van der Waals surface area contributed by atoms with Gasteiger partial charge < -0.3 is 9.64 Å². The number of amides is 1. The molecule has 1 aliphatic rings. The molecule has 8 heteroatoms. The number of piperidine rings is 1. The summed E-state index contributed by atoms with van der Waals surface area (Å²) in [6, 6.07) is 11.6. The summed E-state index contributed by atoms with van der Waals surface area (Å²) in [5, 5.41) is 3.03. The molecule has 8 nitrogen and oxygen atoms in total. The van der Waals surface area contributed by atoms with Gasteiger partial charge in [0, 0.05) is 44.0 Å². The van der Waals surface area contributed by atoms with Gasteiger partial charge in [0.2, 0.25) is 17.8 Å². The first-order valence-electron chi connectivity index (χ1n) is 10.5. The second-order valence-electron chi connectivity index (χ2n) is 7.53. The molecular formula is C23H26N6O2. The zero-order valence-corrected chi connectivity index (χ0v) is 17.6. The summed E-state index contributed by atoms with van der Waals surface area (Å²) >= 11 is 0. The molecule has 0 unspecified atom stereocenters. The Morgan fingerprint density at radius 2 is 1.87 bits per heavy atom. The Bertz CT molecular complexity index is 996. The van der Waals surface area contributed by atoms with Crippen LogP contribution in [0.3, 0.4) is 0 Å². The molecule has 0 aliphatic carbocycles. The predicted molar refractivity (Wildman–Crippen MR) is 117 cm³/mol. The first-order chi connectivity index (χ1) is 15.2. The van der Waals surface area contributed by atoms with Crippen molar-refractivity contribution in [2.24, 2.45) is 0 Å². The van der Waals surface area contributed by atoms with Crippen molar-refractivity contribution in [3.05, 3.63) is 66.2 Å². The molecule has 2 aromatic heterocycles. The molecule has 0 radical (unpaired) electrons. The first kappa shape index (κ1) is 20.7. The van der Waals surface area contributed by atoms with Gasteiger partial charge in [-0.15, -0.1) is 0 Å². The third-order valence-electron chi connectivity index (χ3n) is 5.45. The van der Waals surface area contributed by atoms with Crippen LogP contribution in [0.15, 0.2) is 55.0 Å². The maximum atomic E-state index is 12.8. The van der Waals surface area contributed by atoms with Crippen molar-refractivity contribution in [2.45, 2.75) is 31.6 Å². The molecule has 1 aromatic carbocycles. The summed E-state index contributed by atoms with van der Waals surface area (Å²) in [6.45, 7) is 1.48. The Labute approximate surface area is 181 Å². The van der Waals surface area contributed by atoms with Gasteiger partial charge in [0.05, 0.1) is 12.8 Å². The van der Waals surface area contributed by atoms with E-state index < -0.39 is 0 Å². The van der Waals surface area contributed by atoms with E-state index in [1.165, 1.54) is 0 Å². The number of nitrogens with one attached hydrogen (secondary N) is 1. The van der Waals surface area contributed by atoms with E-state index in [1.807, 2.05) is 35.2 Å². The number of rotatable bonds is 7. The number of anilines is 2. The number of benzene rings is 1. The largest absolute Gasteiger partial charge is 0.497 e. The van der Waals surface area contributed by atoms with Crippen LogP contribution in [0.5, 0.6) is 5.75 Å². The Balaban J connectivity index is 1.35. The summed E-state index contributed by atoms with van der Waals surface area (Å²) in [4.78, 5) is 32.0. The quantitative estimate of drug-likeness (QED) is 0.629. The lowest BCUT2D eigenvalue weighted by atomic mass is 9.94. The molecule has 1 atom stereocenters. The van der Waals surface area contributed by atoms with Gasteiger partial charge in [0.15, 0.2) is 0 Å². The van der Waals surface area contributed by atoms with Crippen molar-refractivity contribution < 1.29 is 9.53 Å². The molecule has 1 aliphatic heterocycles. The highest BCUT2D eigenvalue weighted by Gasteiger charge is 2.25. The minimum Gasteiger partial charge on any atom is -0.497 e. The van der Waals surface area contributed by atoms with Gasteiger partial charge in [-0.3, -0.25) is 10.1 Å². The molecule has 3 aromatic rings. The highest BCUT2D eigenvalue weighted by molar-refractivity contribution is 5.76. The number of carbonyl (C=O) groups is 1. The summed E-state index contributed by atoms with van der Waals surface area (Å²) in [5.41, 5.74) is 2.07. The topological polar surface area (TPSA) is 93.1 Å². The Kier molecular flexibility index (Phi) is 6.66. The van der Waals surface area contributed by atoms with E-state index in [-0.39, 0.29) is 11.8 Å². The van der Waals surface area contributed by atoms with Crippen molar-refractivity contribution in [1.29, 1.82) is 0 Å². The number of aryl methyl sites for hydroxylation is 1. The van der Waals surface area contributed by atoms with Crippen molar-refractivity contribution in [2.75, 3.05) is 25.5 Å². The van der Waals surface area contributed by atoms with Crippen LogP contribution in [-0.4, -0.2) is 50.9 Å². The third kappa shape index (κ3) is 5.53. The van der Waals surface area contributed by atoms with Gasteiger partial charge in [0.25, 0.3) is 0 Å². The third-order valence-corrected chi connectivity index (χ3v) is 5.45. The lowest BCUT2D eigenvalue weighted by Gasteiger charge is -2.32. The van der Waals surface area contributed by atoms with E-state index in [2.05, 4.69) is 25.3 Å². The van der Waals surface area contributed by atoms with Crippen LogP contribution >= 0.6 is 0 Å². The van der Waals surface area contributed by atoms with E-state index in [4.69, 9.17) is 4.74 Å². The zero-order valence-electron chi connectivity index (χ0n) is 17.6. The molecule has 1 N–H and O–H groups in total. The number of likely N-dealkylation sites (tertiary alicyclic amines) is 1. The van der Waals surface area contributed by atoms with Gasteiger partial charge in [-0.2, -0.15) is 0 Å². The molecule has 1 amide bonds. The number of ether oxygens (including phenoxy) is 1. The summed E-state index contributed by atoms with van der Waals surface area (Å²) in [5.74, 6) is 2.13. The van der Waals surface area contributed by atoms with Crippen LogP contribution in [0, 0.1) is 0 Å². The first-order valence-corrected chi connectivity index (χ1v) is 10.5. The van der Waals surface area contributed by atoms with Gasteiger partial charge in [-0.05, 0) is 49.1 Å². The highest BCUT2D eigenvalue weighted by Crippen LogP contribution is 2.27. The maximum absolute atomic E-state index is 12.8. The monoisotopic (exact) mass is 418 g/mol. The Morgan fingerprint density at radius 3 is 2.65 bits per heavy atom. The number of carbonyl (C=O) groups excluding carboxylic acids is 1. The van der Waals surface area contributed by atoms with Crippen LogP contribution in [0.4, 0.5) is 11.9 Å². The van der Waals surface area contributed by atoms with Crippen molar-refractivity contribution >= 4 is 17.8 Å². The van der Waals surface area contributed by atoms with Crippen LogP contribution in [0.25, 0.3) is 0 Å². The molecule has 1 fully saturated rings. The smallest absolute Gasteiger partial charge is 0.229 e. The van der Waals surface area contributed by atoms with Crippen molar-refractivity contribution in [1.82, 2.24) is 24.8 Å². The number of aromatic nitrogens is 4. The molecule has 0 saturated carbocycles. The fourth-order valence-electron chi connectivity index (χ4n) is 3.77. The molecule has 3 heterocycles. The predicted octanol–water partition coefficient (Wildman–Crippen LogP) is 3.36. The van der Waals surface area contributed by atoms with E-state index in [9.17, 15) is 4.79 Å². The van der Waals surface area contributed by atoms with Crippen molar-refractivity contribution in [3.8, 4) is 5.75 Å². The van der Waals surface area contributed by atoms with E-state index in [1.54, 1.807) is 31.8 Å². The number of hydrogen-bond acceptors (Lipinski definition) is 7. The lowest BCUT2D eigenvalue weighted by Crippen LogP contribution is -2.39. The number of nitrogens with zero attached hydrogens (tertiary/aromatic N) is 5. The summed E-state index contributed by atoms with van der Waals surface area (Å²) in [7, 11) is 1.65. The van der Waals surface area contributed by atoms with E-state index in [0.717, 1.165) is 42.8 Å². The van der Waals surface area contributed by atoms with Crippen LogP contribution in [0.1, 0.15) is 36.4 Å².